The lowest BCUT2D eigenvalue weighted by Crippen LogP contribution is -2.38. The minimum atomic E-state index is 0.0753. The molecule has 5 nitrogen and oxygen atoms in total. The van der Waals surface area contributed by atoms with Crippen molar-refractivity contribution in [2.24, 2.45) is 0 Å². The Hall–Kier alpha value is -2.99. The number of para-hydroxylation sites is 1. The van der Waals surface area contributed by atoms with E-state index in [-0.39, 0.29) is 11.9 Å². The molecule has 2 aromatic heterocycles. The van der Waals surface area contributed by atoms with E-state index in [1.165, 1.54) is 10.3 Å². The second-order valence-electron chi connectivity index (χ2n) is 8.10. The number of rotatable bonds is 5. The van der Waals surface area contributed by atoms with Gasteiger partial charge in [0.2, 0.25) is 5.91 Å². The summed E-state index contributed by atoms with van der Waals surface area (Å²) in [6.07, 6.45) is 5.80. The number of oxazole rings is 1. The summed E-state index contributed by atoms with van der Waals surface area (Å²) in [4.78, 5) is 24.4. The van der Waals surface area contributed by atoms with Crippen LogP contribution in [0.5, 0.6) is 0 Å². The van der Waals surface area contributed by atoms with Crippen molar-refractivity contribution in [3.05, 3.63) is 71.2 Å². The number of aromatic nitrogens is 2. The van der Waals surface area contributed by atoms with Crippen LogP contribution in [0.15, 0.2) is 59.1 Å². The number of fused-ring (bicyclic) bond motifs is 1. The molecule has 158 valence electrons. The minimum Gasteiger partial charge on any atom is -0.441 e. The molecule has 1 amide bonds. The fourth-order valence-corrected chi connectivity index (χ4v) is 5.27. The maximum atomic E-state index is 13.1. The van der Waals surface area contributed by atoms with Crippen LogP contribution in [0, 0.1) is 6.92 Å². The summed E-state index contributed by atoms with van der Waals surface area (Å²) in [5.74, 6) is 1.50. The number of carbonyl (C=O) groups is 1. The van der Waals surface area contributed by atoms with Crippen molar-refractivity contribution in [2.45, 2.75) is 45.1 Å². The number of likely N-dealkylation sites (tertiary alicyclic amines) is 1. The molecule has 1 atom stereocenters. The Morgan fingerprint density at radius 2 is 2.00 bits per heavy atom. The summed E-state index contributed by atoms with van der Waals surface area (Å²) in [6.45, 7) is 2.85. The van der Waals surface area contributed by atoms with E-state index in [2.05, 4.69) is 30.1 Å². The van der Waals surface area contributed by atoms with Gasteiger partial charge in [0.15, 0.2) is 11.7 Å². The quantitative estimate of drug-likeness (QED) is 0.392. The second kappa shape index (κ2) is 8.63. The molecule has 0 radical (unpaired) electrons. The molecule has 1 fully saturated rings. The van der Waals surface area contributed by atoms with Gasteiger partial charge in [-0.3, -0.25) is 4.79 Å². The van der Waals surface area contributed by atoms with E-state index in [4.69, 9.17) is 9.40 Å². The van der Waals surface area contributed by atoms with Gasteiger partial charge in [-0.15, -0.1) is 11.3 Å². The van der Waals surface area contributed by atoms with E-state index in [0.29, 0.717) is 18.7 Å². The van der Waals surface area contributed by atoms with Gasteiger partial charge >= 0.3 is 0 Å². The third-order valence-corrected chi connectivity index (χ3v) is 7.00. The molecule has 1 aliphatic heterocycles. The summed E-state index contributed by atoms with van der Waals surface area (Å²) in [5, 5.41) is 1.05. The SMILES string of the molecule is Cc1ccc(-c2cnc(CCC(=O)N3CCCC[C@H]3c3nc4ccccc4s3)o2)cc1. The van der Waals surface area contributed by atoms with Crippen molar-refractivity contribution in [2.75, 3.05) is 6.54 Å². The number of amides is 1. The molecule has 1 aliphatic rings. The topological polar surface area (TPSA) is 59.2 Å². The molecule has 0 aliphatic carbocycles. The largest absolute Gasteiger partial charge is 0.441 e. The Bertz CT molecular complexity index is 1160. The molecule has 1 saturated heterocycles. The number of thiazole rings is 1. The number of piperidine rings is 1. The minimum absolute atomic E-state index is 0.0753. The van der Waals surface area contributed by atoms with Crippen molar-refractivity contribution >= 4 is 27.5 Å². The van der Waals surface area contributed by atoms with Crippen molar-refractivity contribution in [1.82, 2.24) is 14.9 Å². The van der Waals surface area contributed by atoms with Crippen LogP contribution < -0.4 is 0 Å². The highest BCUT2D eigenvalue weighted by Crippen LogP contribution is 2.36. The highest BCUT2D eigenvalue weighted by atomic mass is 32.1. The first-order valence-electron chi connectivity index (χ1n) is 10.8. The maximum Gasteiger partial charge on any atom is 0.223 e. The smallest absolute Gasteiger partial charge is 0.223 e. The lowest BCUT2D eigenvalue weighted by molar-refractivity contribution is -0.135. The number of hydrogen-bond donors (Lipinski definition) is 0. The number of benzene rings is 2. The van der Waals surface area contributed by atoms with E-state index in [0.717, 1.165) is 47.7 Å². The Balaban J connectivity index is 1.27. The van der Waals surface area contributed by atoms with E-state index >= 15 is 0 Å². The Morgan fingerprint density at radius 1 is 1.16 bits per heavy atom. The molecule has 31 heavy (non-hydrogen) atoms. The van der Waals surface area contributed by atoms with Crippen LogP contribution in [0.4, 0.5) is 0 Å². The van der Waals surface area contributed by atoms with Crippen LogP contribution >= 0.6 is 11.3 Å². The van der Waals surface area contributed by atoms with Crippen LogP contribution in [-0.4, -0.2) is 27.3 Å². The molecule has 3 heterocycles. The molecule has 2 aromatic carbocycles. The summed E-state index contributed by atoms with van der Waals surface area (Å²) in [6, 6.07) is 16.4. The van der Waals surface area contributed by atoms with Crippen LogP contribution in [0.1, 0.15) is 48.2 Å². The molecule has 4 aromatic rings. The van der Waals surface area contributed by atoms with Gasteiger partial charge in [0, 0.05) is 24.9 Å². The highest BCUT2D eigenvalue weighted by molar-refractivity contribution is 7.18. The number of carbonyl (C=O) groups excluding carboxylic acids is 1. The Morgan fingerprint density at radius 3 is 2.84 bits per heavy atom. The average molecular weight is 432 g/mol. The van der Waals surface area contributed by atoms with E-state index < -0.39 is 0 Å². The van der Waals surface area contributed by atoms with Crippen LogP contribution in [0.25, 0.3) is 21.5 Å². The normalized spacial score (nSPS) is 16.7. The van der Waals surface area contributed by atoms with Crippen molar-refractivity contribution in [3.8, 4) is 11.3 Å². The molecule has 0 N–H and O–H groups in total. The molecular formula is C25H25N3O2S. The van der Waals surface area contributed by atoms with Gasteiger partial charge in [-0.05, 0) is 38.3 Å². The zero-order chi connectivity index (χ0) is 21.2. The predicted octanol–water partition coefficient (Wildman–Crippen LogP) is 5.95. The molecular weight excluding hydrogens is 406 g/mol. The summed E-state index contributed by atoms with van der Waals surface area (Å²) in [5.41, 5.74) is 3.23. The zero-order valence-electron chi connectivity index (χ0n) is 17.6. The molecule has 0 unspecified atom stereocenters. The summed E-state index contributed by atoms with van der Waals surface area (Å²) in [7, 11) is 0. The monoisotopic (exact) mass is 431 g/mol. The first kappa shape index (κ1) is 19.9. The van der Waals surface area contributed by atoms with Gasteiger partial charge in [-0.1, -0.05) is 42.0 Å². The molecule has 0 bridgehead atoms. The molecule has 0 spiro atoms. The van der Waals surface area contributed by atoms with Gasteiger partial charge in [0.25, 0.3) is 0 Å². The second-order valence-corrected chi connectivity index (χ2v) is 9.17. The number of aryl methyl sites for hydroxylation is 2. The lowest BCUT2D eigenvalue weighted by atomic mass is 10.0. The average Bonchev–Trinajstić information content (AvgIpc) is 3.45. The van der Waals surface area contributed by atoms with Gasteiger partial charge in [-0.2, -0.15) is 0 Å². The molecule has 5 rings (SSSR count). The Labute approximate surface area is 185 Å². The van der Waals surface area contributed by atoms with E-state index in [9.17, 15) is 4.79 Å². The maximum absolute atomic E-state index is 13.1. The molecule has 6 heteroatoms. The Kier molecular flexibility index (Phi) is 5.55. The van der Waals surface area contributed by atoms with E-state index in [1.807, 2.05) is 35.2 Å². The van der Waals surface area contributed by atoms with Gasteiger partial charge < -0.3 is 9.32 Å². The fourth-order valence-electron chi connectivity index (χ4n) is 4.15. The predicted molar refractivity (Wildman–Crippen MR) is 123 cm³/mol. The van der Waals surface area contributed by atoms with Crippen molar-refractivity contribution < 1.29 is 9.21 Å². The first-order chi connectivity index (χ1) is 15.2. The zero-order valence-corrected chi connectivity index (χ0v) is 18.4. The third kappa shape index (κ3) is 4.26. The summed E-state index contributed by atoms with van der Waals surface area (Å²) < 4.78 is 7.09. The lowest BCUT2D eigenvalue weighted by Gasteiger charge is -2.34. The van der Waals surface area contributed by atoms with Gasteiger partial charge in [0.1, 0.15) is 5.01 Å². The van der Waals surface area contributed by atoms with Crippen LogP contribution in [0.2, 0.25) is 0 Å². The third-order valence-electron chi connectivity index (χ3n) is 5.86. The summed E-state index contributed by atoms with van der Waals surface area (Å²) >= 11 is 1.71. The van der Waals surface area contributed by atoms with E-state index in [1.54, 1.807) is 17.5 Å². The fraction of sp³-hybridized carbons (Fsp3) is 0.320. The molecule has 0 saturated carbocycles. The highest BCUT2D eigenvalue weighted by Gasteiger charge is 2.30. The van der Waals surface area contributed by atoms with Gasteiger partial charge in [0.05, 0.1) is 22.5 Å². The number of nitrogens with zero attached hydrogens (tertiary/aromatic N) is 3. The van der Waals surface area contributed by atoms with Gasteiger partial charge in [-0.25, -0.2) is 9.97 Å². The van der Waals surface area contributed by atoms with Crippen LogP contribution in [0.3, 0.4) is 0 Å². The number of hydrogen-bond acceptors (Lipinski definition) is 5. The van der Waals surface area contributed by atoms with Crippen molar-refractivity contribution in [1.29, 1.82) is 0 Å². The van der Waals surface area contributed by atoms with Crippen molar-refractivity contribution in [3.63, 3.8) is 0 Å². The standard InChI is InChI=1S/C25H25N3O2S/c1-17-9-11-18(12-10-17)21-16-26-23(30-21)13-14-24(29)28-15-5-4-7-20(28)25-27-19-6-2-3-8-22(19)31-25/h2-3,6,8-12,16,20H,4-5,7,13-15H2,1H3/t20-/m0/s1. The van der Waals surface area contributed by atoms with Crippen LogP contribution in [-0.2, 0) is 11.2 Å². The first-order valence-corrected chi connectivity index (χ1v) is 11.7.